The molecular weight excluding hydrogens is 206 g/mol. The summed E-state index contributed by atoms with van der Waals surface area (Å²) in [7, 11) is 2.12. The number of aromatic nitrogens is 3. The molecule has 1 aromatic rings. The van der Waals surface area contributed by atoms with E-state index < -0.39 is 0 Å². The minimum Gasteiger partial charge on any atom is -0.349 e. The molecule has 1 aliphatic rings. The fraction of sp³-hybridized carbons (Fsp3) is 0.700. The van der Waals surface area contributed by atoms with E-state index in [4.69, 9.17) is 0 Å². The van der Waals surface area contributed by atoms with Crippen molar-refractivity contribution in [3.05, 3.63) is 12.2 Å². The second-order valence-electron chi connectivity index (χ2n) is 4.31. The Morgan fingerprint density at radius 1 is 1.75 bits per heavy atom. The molecule has 1 saturated heterocycles. The first-order valence-corrected chi connectivity index (χ1v) is 5.58. The van der Waals surface area contributed by atoms with Crippen LogP contribution < -0.4 is 5.32 Å². The lowest BCUT2D eigenvalue weighted by molar-refractivity contribution is 0.0927. The molecule has 1 aromatic heterocycles. The Morgan fingerprint density at radius 2 is 2.62 bits per heavy atom. The van der Waals surface area contributed by atoms with Crippen molar-refractivity contribution in [3.8, 4) is 0 Å². The van der Waals surface area contributed by atoms with Gasteiger partial charge in [-0.05, 0) is 32.4 Å². The van der Waals surface area contributed by atoms with Gasteiger partial charge >= 0.3 is 0 Å². The number of rotatable bonds is 3. The SMILES string of the molecule is CN1CCCC(CNC(=O)c2ncn[nH]2)C1. The lowest BCUT2D eigenvalue weighted by atomic mass is 9.98. The number of carbonyl (C=O) groups excluding carboxylic acids is 1. The molecule has 0 aromatic carbocycles. The smallest absolute Gasteiger partial charge is 0.288 e. The largest absolute Gasteiger partial charge is 0.349 e. The minimum atomic E-state index is -0.175. The van der Waals surface area contributed by atoms with Crippen molar-refractivity contribution in [3.63, 3.8) is 0 Å². The van der Waals surface area contributed by atoms with E-state index in [0.717, 1.165) is 13.1 Å². The molecule has 0 aliphatic carbocycles. The maximum absolute atomic E-state index is 11.6. The zero-order chi connectivity index (χ0) is 11.4. The van der Waals surface area contributed by atoms with Crippen molar-refractivity contribution in [2.24, 2.45) is 5.92 Å². The van der Waals surface area contributed by atoms with Gasteiger partial charge in [-0.1, -0.05) is 0 Å². The molecular formula is C10H17N5O. The Hall–Kier alpha value is -1.43. The normalized spacial score (nSPS) is 21.9. The molecule has 0 radical (unpaired) electrons. The van der Waals surface area contributed by atoms with E-state index in [1.165, 1.54) is 19.2 Å². The summed E-state index contributed by atoms with van der Waals surface area (Å²) in [6.45, 7) is 2.92. The molecule has 1 aliphatic heterocycles. The first-order valence-electron chi connectivity index (χ1n) is 5.58. The summed E-state index contributed by atoms with van der Waals surface area (Å²) < 4.78 is 0. The molecule has 2 heterocycles. The fourth-order valence-corrected chi connectivity index (χ4v) is 2.08. The summed E-state index contributed by atoms with van der Waals surface area (Å²) in [6.07, 6.45) is 3.73. The maximum Gasteiger partial charge on any atom is 0.288 e. The van der Waals surface area contributed by atoms with Crippen molar-refractivity contribution < 1.29 is 4.79 Å². The third-order valence-corrected chi connectivity index (χ3v) is 2.90. The van der Waals surface area contributed by atoms with Crippen molar-refractivity contribution in [1.82, 2.24) is 25.4 Å². The van der Waals surface area contributed by atoms with Crippen LogP contribution in [0.2, 0.25) is 0 Å². The van der Waals surface area contributed by atoms with E-state index in [2.05, 4.69) is 32.4 Å². The average Bonchev–Trinajstić information content (AvgIpc) is 2.79. The van der Waals surface area contributed by atoms with Gasteiger partial charge in [0.15, 0.2) is 0 Å². The van der Waals surface area contributed by atoms with Gasteiger partial charge in [0.05, 0.1) is 0 Å². The van der Waals surface area contributed by atoms with Gasteiger partial charge in [-0.3, -0.25) is 9.89 Å². The summed E-state index contributed by atoms with van der Waals surface area (Å²) in [6, 6.07) is 0. The van der Waals surface area contributed by atoms with Crippen molar-refractivity contribution in [2.45, 2.75) is 12.8 Å². The second kappa shape index (κ2) is 5.07. The lowest BCUT2D eigenvalue weighted by Crippen LogP contribution is -2.39. The van der Waals surface area contributed by atoms with Crippen LogP contribution in [0.4, 0.5) is 0 Å². The van der Waals surface area contributed by atoms with E-state index in [0.29, 0.717) is 12.5 Å². The summed E-state index contributed by atoms with van der Waals surface area (Å²) in [4.78, 5) is 17.7. The van der Waals surface area contributed by atoms with E-state index >= 15 is 0 Å². The highest BCUT2D eigenvalue weighted by molar-refractivity contribution is 5.90. The average molecular weight is 223 g/mol. The molecule has 6 nitrogen and oxygen atoms in total. The molecule has 1 fully saturated rings. The van der Waals surface area contributed by atoms with E-state index in [9.17, 15) is 4.79 Å². The van der Waals surface area contributed by atoms with Crippen LogP contribution >= 0.6 is 0 Å². The van der Waals surface area contributed by atoms with Crippen molar-refractivity contribution in [2.75, 3.05) is 26.7 Å². The maximum atomic E-state index is 11.6. The number of H-pyrrole nitrogens is 1. The highest BCUT2D eigenvalue weighted by Gasteiger charge is 2.18. The zero-order valence-corrected chi connectivity index (χ0v) is 9.44. The molecule has 88 valence electrons. The van der Waals surface area contributed by atoms with Gasteiger partial charge in [0.1, 0.15) is 6.33 Å². The minimum absolute atomic E-state index is 0.175. The molecule has 1 atom stereocenters. The Balaban J connectivity index is 1.77. The molecule has 2 N–H and O–H groups in total. The molecule has 0 spiro atoms. The van der Waals surface area contributed by atoms with E-state index in [-0.39, 0.29) is 11.7 Å². The van der Waals surface area contributed by atoms with Crippen LogP contribution in [0.3, 0.4) is 0 Å². The molecule has 1 amide bonds. The van der Waals surface area contributed by atoms with Crippen LogP contribution in [-0.4, -0.2) is 52.7 Å². The van der Waals surface area contributed by atoms with Gasteiger partial charge in [-0.25, -0.2) is 4.98 Å². The van der Waals surface area contributed by atoms with Crippen LogP contribution in [0.5, 0.6) is 0 Å². The van der Waals surface area contributed by atoms with Gasteiger partial charge in [0.25, 0.3) is 5.91 Å². The summed E-state index contributed by atoms with van der Waals surface area (Å²) >= 11 is 0. The standard InChI is InChI=1S/C10H17N5O/c1-15-4-2-3-8(6-15)5-11-10(16)9-12-7-13-14-9/h7-8H,2-6H2,1H3,(H,11,16)(H,12,13,14). The number of amides is 1. The predicted octanol–water partition coefficient (Wildman–Crippen LogP) is -0.124. The Bertz CT molecular complexity index is 337. The Labute approximate surface area is 94.4 Å². The molecule has 16 heavy (non-hydrogen) atoms. The van der Waals surface area contributed by atoms with E-state index in [1.54, 1.807) is 0 Å². The fourth-order valence-electron chi connectivity index (χ4n) is 2.08. The van der Waals surface area contributed by atoms with Gasteiger partial charge in [0.2, 0.25) is 5.82 Å². The number of likely N-dealkylation sites (tertiary alicyclic amines) is 1. The second-order valence-corrected chi connectivity index (χ2v) is 4.31. The number of hydrogen-bond acceptors (Lipinski definition) is 4. The third kappa shape index (κ3) is 2.79. The van der Waals surface area contributed by atoms with Crippen LogP contribution in [0, 0.1) is 5.92 Å². The topological polar surface area (TPSA) is 73.9 Å². The highest BCUT2D eigenvalue weighted by atomic mass is 16.2. The number of hydrogen-bond donors (Lipinski definition) is 2. The summed E-state index contributed by atoms with van der Waals surface area (Å²) in [5, 5.41) is 9.07. The van der Waals surface area contributed by atoms with E-state index in [1.807, 2.05) is 0 Å². The number of nitrogens with zero attached hydrogens (tertiary/aromatic N) is 3. The third-order valence-electron chi connectivity index (χ3n) is 2.90. The monoisotopic (exact) mass is 223 g/mol. The Kier molecular flexibility index (Phi) is 3.51. The van der Waals surface area contributed by atoms with Crippen LogP contribution in [0.15, 0.2) is 6.33 Å². The van der Waals surface area contributed by atoms with Crippen molar-refractivity contribution in [1.29, 1.82) is 0 Å². The molecule has 2 rings (SSSR count). The number of aromatic amines is 1. The van der Waals surface area contributed by atoms with Crippen LogP contribution in [-0.2, 0) is 0 Å². The predicted molar refractivity (Wildman–Crippen MR) is 58.9 cm³/mol. The quantitative estimate of drug-likeness (QED) is 0.749. The van der Waals surface area contributed by atoms with Crippen molar-refractivity contribution >= 4 is 5.91 Å². The molecule has 0 saturated carbocycles. The zero-order valence-electron chi connectivity index (χ0n) is 9.44. The molecule has 0 bridgehead atoms. The summed E-state index contributed by atoms with van der Waals surface area (Å²) in [5.74, 6) is 0.653. The van der Waals surface area contributed by atoms with Crippen LogP contribution in [0.25, 0.3) is 0 Å². The first kappa shape index (κ1) is 11.1. The van der Waals surface area contributed by atoms with Gasteiger partial charge in [0, 0.05) is 13.1 Å². The molecule has 6 heteroatoms. The first-order chi connectivity index (χ1) is 7.75. The van der Waals surface area contributed by atoms with Gasteiger partial charge in [-0.2, -0.15) is 5.10 Å². The number of nitrogens with one attached hydrogen (secondary N) is 2. The lowest BCUT2D eigenvalue weighted by Gasteiger charge is -2.29. The summed E-state index contributed by atoms with van der Waals surface area (Å²) in [5.41, 5.74) is 0. The van der Waals surface area contributed by atoms with Gasteiger partial charge < -0.3 is 10.2 Å². The number of piperidine rings is 1. The van der Waals surface area contributed by atoms with Crippen LogP contribution in [0.1, 0.15) is 23.5 Å². The highest BCUT2D eigenvalue weighted by Crippen LogP contribution is 2.13. The Morgan fingerprint density at radius 3 is 3.31 bits per heavy atom. The molecule has 1 unspecified atom stereocenters. The van der Waals surface area contributed by atoms with Gasteiger partial charge in [-0.15, -0.1) is 0 Å². The number of carbonyl (C=O) groups is 1.